The highest BCUT2D eigenvalue weighted by Crippen LogP contribution is 2.26. The standard InChI is InChI=1S/C12H16N4/c1-9-4-2-3-5-10(9)16-12-11(8-13)14-6-7-15-12/h6-7,9-10H,2-5H2,1H3,(H,15,16). The Labute approximate surface area is 95.7 Å². The van der Waals surface area contributed by atoms with E-state index < -0.39 is 0 Å². The lowest BCUT2D eigenvalue weighted by molar-refractivity contribution is 0.349. The average molecular weight is 216 g/mol. The number of nitriles is 1. The molecule has 0 bridgehead atoms. The number of aromatic nitrogens is 2. The third-order valence-electron chi connectivity index (χ3n) is 3.24. The maximum atomic E-state index is 8.92. The van der Waals surface area contributed by atoms with Crippen molar-refractivity contribution in [3.63, 3.8) is 0 Å². The highest BCUT2D eigenvalue weighted by molar-refractivity contribution is 5.47. The lowest BCUT2D eigenvalue weighted by atomic mass is 9.86. The van der Waals surface area contributed by atoms with Crippen LogP contribution in [0.2, 0.25) is 0 Å². The van der Waals surface area contributed by atoms with E-state index in [1.165, 1.54) is 19.3 Å². The van der Waals surface area contributed by atoms with Crippen LogP contribution in [-0.2, 0) is 0 Å². The van der Waals surface area contributed by atoms with Crippen LogP contribution in [0, 0.1) is 17.2 Å². The molecule has 0 radical (unpaired) electrons. The number of hydrogen-bond donors (Lipinski definition) is 1. The van der Waals surface area contributed by atoms with Crippen LogP contribution in [-0.4, -0.2) is 16.0 Å². The molecule has 0 amide bonds. The molecule has 0 aliphatic heterocycles. The summed E-state index contributed by atoms with van der Waals surface area (Å²) >= 11 is 0. The predicted molar refractivity (Wildman–Crippen MR) is 61.8 cm³/mol. The van der Waals surface area contributed by atoms with E-state index in [9.17, 15) is 0 Å². The molecule has 1 aromatic heterocycles. The number of nitrogens with zero attached hydrogens (tertiary/aromatic N) is 3. The molecule has 84 valence electrons. The third kappa shape index (κ3) is 2.30. The van der Waals surface area contributed by atoms with Gasteiger partial charge < -0.3 is 5.32 Å². The van der Waals surface area contributed by atoms with Crippen molar-refractivity contribution >= 4 is 5.82 Å². The zero-order valence-electron chi connectivity index (χ0n) is 9.48. The van der Waals surface area contributed by atoms with Gasteiger partial charge in [-0.2, -0.15) is 5.26 Å². The molecule has 1 N–H and O–H groups in total. The Morgan fingerprint density at radius 3 is 2.81 bits per heavy atom. The minimum absolute atomic E-state index is 0.389. The Morgan fingerprint density at radius 2 is 2.06 bits per heavy atom. The van der Waals surface area contributed by atoms with Crippen LogP contribution >= 0.6 is 0 Å². The lowest BCUT2D eigenvalue weighted by Crippen LogP contribution is -2.31. The van der Waals surface area contributed by atoms with Crippen molar-refractivity contribution in [2.24, 2.45) is 5.92 Å². The minimum atomic E-state index is 0.389. The molecular weight excluding hydrogens is 200 g/mol. The summed E-state index contributed by atoms with van der Waals surface area (Å²) in [7, 11) is 0. The quantitative estimate of drug-likeness (QED) is 0.824. The largest absolute Gasteiger partial charge is 0.365 e. The van der Waals surface area contributed by atoms with Crippen LogP contribution in [0.1, 0.15) is 38.3 Å². The summed E-state index contributed by atoms with van der Waals surface area (Å²) in [6.07, 6.45) is 8.14. The monoisotopic (exact) mass is 216 g/mol. The van der Waals surface area contributed by atoms with Crippen molar-refractivity contribution in [3.8, 4) is 6.07 Å². The van der Waals surface area contributed by atoms with Gasteiger partial charge in [-0.15, -0.1) is 0 Å². The van der Waals surface area contributed by atoms with Gasteiger partial charge in [-0.05, 0) is 18.8 Å². The summed E-state index contributed by atoms with van der Waals surface area (Å²) < 4.78 is 0. The predicted octanol–water partition coefficient (Wildman–Crippen LogP) is 2.34. The summed E-state index contributed by atoms with van der Waals surface area (Å²) in [5.41, 5.74) is 0.389. The molecule has 1 saturated carbocycles. The number of hydrogen-bond acceptors (Lipinski definition) is 4. The van der Waals surface area contributed by atoms with Gasteiger partial charge >= 0.3 is 0 Å². The maximum absolute atomic E-state index is 8.92. The summed E-state index contributed by atoms with van der Waals surface area (Å²) in [5.74, 6) is 1.27. The Morgan fingerprint density at radius 1 is 1.31 bits per heavy atom. The van der Waals surface area contributed by atoms with Gasteiger partial charge in [0.05, 0.1) is 0 Å². The Balaban J connectivity index is 2.11. The van der Waals surface area contributed by atoms with Gasteiger partial charge in [0.15, 0.2) is 11.5 Å². The summed E-state index contributed by atoms with van der Waals surface area (Å²) in [4.78, 5) is 8.18. The molecule has 4 nitrogen and oxygen atoms in total. The molecule has 2 atom stereocenters. The molecule has 0 aromatic carbocycles. The first-order valence-corrected chi connectivity index (χ1v) is 5.79. The molecule has 0 spiro atoms. The van der Waals surface area contributed by atoms with Crippen LogP contribution in [0.25, 0.3) is 0 Å². The Hall–Kier alpha value is -1.63. The van der Waals surface area contributed by atoms with Crippen molar-refractivity contribution in [1.82, 2.24) is 9.97 Å². The minimum Gasteiger partial charge on any atom is -0.365 e. The molecular formula is C12H16N4. The Kier molecular flexibility index (Phi) is 3.35. The first-order valence-electron chi connectivity index (χ1n) is 5.79. The number of rotatable bonds is 2. The average Bonchev–Trinajstić information content (AvgIpc) is 2.33. The fourth-order valence-corrected chi connectivity index (χ4v) is 2.23. The van der Waals surface area contributed by atoms with Gasteiger partial charge in [-0.1, -0.05) is 19.8 Å². The van der Waals surface area contributed by atoms with Crippen LogP contribution in [0.15, 0.2) is 12.4 Å². The number of nitrogens with one attached hydrogen (secondary N) is 1. The fraction of sp³-hybridized carbons (Fsp3) is 0.583. The lowest BCUT2D eigenvalue weighted by Gasteiger charge is -2.29. The Bertz CT molecular complexity index is 396. The number of anilines is 1. The maximum Gasteiger partial charge on any atom is 0.182 e. The third-order valence-corrected chi connectivity index (χ3v) is 3.24. The zero-order chi connectivity index (χ0) is 11.4. The topological polar surface area (TPSA) is 61.6 Å². The smallest absolute Gasteiger partial charge is 0.182 e. The van der Waals surface area contributed by atoms with E-state index in [0.29, 0.717) is 23.5 Å². The van der Waals surface area contributed by atoms with Crippen LogP contribution < -0.4 is 5.32 Å². The molecule has 2 unspecified atom stereocenters. The first-order chi connectivity index (χ1) is 7.81. The van der Waals surface area contributed by atoms with Crippen molar-refractivity contribution < 1.29 is 0 Å². The van der Waals surface area contributed by atoms with Gasteiger partial charge in [0.1, 0.15) is 6.07 Å². The highest BCUT2D eigenvalue weighted by atomic mass is 15.0. The van der Waals surface area contributed by atoms with Crippen LogP contribution in [0.5, 0.6) is 0 Å². The molecule has 1 aliphatic carbocycles. The van der Waals surface area contributed by atoms with E-state index in [1.807, 2.05) is 0 Å². The van der Waals surface area contributed by atoms with Crippen LogP contribution in [0.4, 0.5) is 5.82 Å². The first kappa shape index (κ1) is 10.9. The van der Waals surface area contributed by atoms with Gasteiger partial charge in [0.25, 0.3) is 0 Å². The molecule has 2 rings (SSSR count). The van der Waals surface area contributed by atoms with Crippen molar-refractivity contribution in [2.75, 3.05) is 5.32 Å². The van der Waals surface area contributed by atoms with E-state index in [2.05, 4.69) is 28.3 Å². The second-order valence-corrected chi connectivity index (χ2v) is 4.38. The summed E-state index contributed by atoms with van der Waals surface area (Å²) in [6.45, 7) is 2.25. The van der Waals surface area contributed by atoms with Gasteiger partial charge in [-0.25, -0.2) is 9.97 Å². The van der Waals surface area contributed by atoms with Gasteiger partial charge in [-0.3, -0.25) is 0 Å². The van der Waals surface area contributed by atoms with E-state index in [4.69, 9.17) is 5.26 Å². The van der Waals surface area contributed by atoms with E-state index in [1.54, 1.807) is 12.4 Å². The summed E-state index contributed by atoms with van der Waals surface area (Å²) in [6, 6.07) is 2.49. The van der Waals surface area contributed by atoms with E-state index >= 15 is 0 Å². The second kappa shape index (κ2) is 4.93. The highest BCUT2D eigenvalue weighted by Gasteiger charge is 2.22. The molecule has 1 aliphatic rings. The molecule has 1 aromatic rings. The van der Waals surface area contributed by atoms with Crippen molar-refractivity contribution in [3.05, 3.63) is 18.1 Å². The second-order valence-electron chi connectivity index (χ2n) is 4.38. The molecule has 4 heteroatoms. The normalized spacial score (nSPS) is 24.8. The van der Waals surface area contributed by atoms with E-state index in [0.717, 1.165) is 6.42 Å². The van der Waals surface area contributed by atoms with E-state index in [-0.39, 0.29) is 0 Å². The van der Waals surface area contributed by atoms with Crippen molar-refractivity contribution in [1.29, 1.82) is 5.26 Å². The fourth-order valence-electron chi connectivity index (χ4n) is 2.23. The van der Waals surface area contributed by atoms with Gasteiger partial charge in [0.2, 0.25) is 0 Å². The molecule has 0 saturated heterocycles. The van der Waals surface area contributed by atoms with Crippen LogP contribution in [0.3, 0.4) is 0 Å². The molecule has 1 heterocycles. The SMILES string of the molecule is CC1CCCCC1Nc1nccnc1C#N. The van der Waals surface area contributed by atoms with Gasteiger partial charge in [0, 0.05) is 18.4 Å². The summed E-state index contributed by atoms with van der Waals surface area (Å²) in [5, 5.41) is 12.3. The van der Waals surface area contributed by atoms with Crippen molar-refractivity contribution in [2.45, 2.75) is 38.6 Å². The molecule has 16 heavy (non-hydrogen) atoms. The molecule has 1 fully saturated rings. The zero-order valence-corrected chi connectivity index (χ0v) is 9.48.